The van der Waals surface area contributed by atoms with Crippen LogP contribution in [0.4, 0.5) is 17.1 Å². The van der Waals surface area contributed by atoms with Crippen molar-refractivity contribution >= 4 is 60.2 Å². The highest BCUT2D eigenvalue weighted by molar-refractivity contribution is 6.16. The molecule has 0 heterocycles. The number of hydrogen-bond donors (Lipinski definition) is 0. The van der Waals surface area contributed by atoms with E-state index in [0.717, 1.165) is 17.1 Å². The number of benzene rings is 11. The van der Waals surface area contributed by atoms with Crippen LogP contribution in [-0.4, -0.2) is 0 Å². The molecule has 0 aliphatic rings. The molecule has 0 radical (unpaired) electrons. The number of anilines is 3. The Morgan fingerprint density at radius 2 is 0.661 bits per heavy atom. The highest BCUT2D eigenvalue weighted by atomic mass is 15.1. The van der Waals surface area contributed by atoms with Gasteiger partial charge in [0.2, 0.25) is 0 Å². The summed E-state index contributed by atoms with van der Waals surface area (Å²) in [5.74, 6) is 0. The van der Waals surface area contributed by atoms with Gasteiger partial charge < -0.3 is 4.90 Å². The van der Waals surface area contributed by atoms with E-state index in [4.69, 9.17) is 0 Å². The summed E-state index contributed by atoms with van der Waals surface area (Å²) in [6.07, 6.45) is 0. The summed E-state index contributed by atoms with van der Waals surface area (Å²) >= 11 is 0. The summed E-state index contributed by atoms with van der Waals surface area (Å²) in [5, 5.41) is 10.1. The van der Waals surface area contributed by atoms with Crippen LogP contribution in [0.2, 0.25) is 0 Å². The van der Waals surface area contributed by atoms with Crippen molar-refractivity contribution in [1.29, 1.82) is 0 Å². The van der Waals surface area contributed by atoms with Gasteiger partial charge in [0, 0.05) is 16.9 Å². The van der Waals surface area contributed by atoms with E-state index < -0.39 is 0 Å². The summed E-state index contributed by atoms with van der Waals surface area (Å²) in [6, 6.07) is 86.3. The summed E-state index contributed by atoms with van der Waals surface area (Å²) < 4.78 is 0. The van der Waals surface area contributed by atoms with Crippen molar-refractivity contribution in [1.82, 2.24) is 0 Å². The molecule has 0 N–H and O–H groups in total. The molecule has 0 atom stereocenters. The lowest BCUT2D eigenvalue weighted by Crippen LogP contribution is -2.12. The maximum atomic E-state index is 2.44. The summed E-state index contributed by atoms with van der Waals surface area (Å²) in [4.78, 5) is 2.44. The zero-order valence-electron chi connectivity index (χ0n) is 32.5. The molecule has 11 aromatic rings. The SMILES string of the molecule is c1ccc(-c2ccc(N(c3ccc(-c4cc5ccccc5c5ccccc45)cc3)c3cccc(-c4cc5ccccc5c5ccccc45)c3-c3ccccc3)cc2)cc1. The smallest absolute Gasteiger partial charge is 0.0546 e. The van der Waals surface area contributed by atoms with Crippen LogP contribution in [0.3, 0.4) is 0 Å². The van der Waals surface area contributed by atoms with E-state index in [1.807, 2.05) is 0 Å². The number of rotatable bonds is 7. The third kappa shape index (κ3) is 6.12. The lowest BCUT2D eigenvalue weighted by atomic mass is 9.87. The minimum absolute atomic E-state index is 1.09. The normalized spacial score (nSPS) is 11.4. The van der Waals surface area contributed by atoms with Gasteiger partial charge in [0.25, 0.3) is 0 Å². The Labute approximate surface area is 344 Å². The molecule has 11 aromatic carbocycles. The number of fused-ring (bicyclic) bond motifs is 6. The van der Waals surface area contributed by atoms with Crippen LogP contribution in [0.5, 0.6) is 0 Å². The predicted molar refractivity (Wildman–Crippen MR) is 253 cm³/mol. The maximum absolute atomic E-state index is 2.44. The van der Waals surface area contributed by atoms with Crippen LogP contribution < -0.4 is 4.90 Å². The molecule has 0 unspecified atom stereocenters. The van der Waals surface area contributed by atoms with E-state index in [1.54, 1.807) is 0 Å². The monoisotopic (exact) mass is 749 g/mol. The van der Waals surface area contributed by atoms with E-state index in [0.29, 0.717) is 0 Å². The van der Waals surface area contributed by atoms with Crippen molar-refractivity contribution in [3.63, 3.8) is 0 Å². The van der Waals surface area contributed by atoms with Crippen molar-refractivity contribution in [3.05, 3.63) is 237 Å². The Morgan fingerprint density at radius 1 is 0.237 bits per heavy atom. The Hall–Kier alpha value is -7.74. The zero-order chi connectivity index (χ0) is 39.1. The minimum atomic E-state index is 1.09. The van der Waals surface area contributed by atoms with Gasteiger partial charge in [-0.25, -0.2) is 0 Å². The Bertz CT molecular complexity index is 3290. The van der Waals surface area contributed by atoms with Gasteiger partial charge in [0.15, 0.2) is 0 Å². The second-order valence-electron chi connectivity index (χ2n) is 15.2. The first-order valence-corrected chi connectivity index (χ1v) is 20.3. The standard InChI is InChI=1S/C58H39N/c1-3-16-40(17-4-1)41-30-34-46(35-31-41)59(47-36-32-42(33-37-47)55-38-44-20-7-9-22-48(44)50-24-11-13-26-52(50)55)57-29-15-28-54(58(57)43-18-5-2-6-19-43)56-39-45-21-8-10-23-49(45)51-25-12-14-27-53(51)56/h1-39H. The number of nitrogens with zero attached hydrogens (tertiary/aromatic N) is 1. The lowest BCUT2D eigenvalue weighted by molar-refractivity contribution is 1.28. The average Bonchev–Trinajstić information content (AvgIpc) is 3.32. The second-order valence-corrected chi connectivity index (χ2v) is 15.2. The first kappa shape index (κ1) is 34.5. The molecule has 0 bridgehead atoms. The van der Waals surface area contributed by atoms with Gasteiger partial charge in [0.05, 0.1) is 5.69 Å². The third-order valence-corrected chi connectivity index (χ3v) is 11.8. The molecule has 0 fully saturated rings. The molecule has 0 aromatic heterocycles. The van der Waals surface area contributed by atoms with Gasteiger partial charge >= 0.3 is 0 Å². The molecule has 0 aliphatic heterocycles. The van der Waals surface area contributed by atoms with Gasteiger partial charge in [0.1, 0.15) is 0 Å². The highest BCUT2D eigenvalue weighted by Crippen LogP contribution is 2.48. The van der Waals surface area contributed by atoms with E-state index in [-0.39, 0.29) is 0 Å². The van der Waals surface area contributed by atoms with Gasteiger partial charge in [-0.3, -0.25) is 0 Å². The fourth-order valence-corrected chi connectivity index (χ4v) is 9.08. The highest BCUT2D eigenvalue weighted by Gasteiger charge is 2.22. The van der Waals surface area contributed by atoms with Crippen LogP contribution in [0.15, 0.2) is 237 Å². The second kappa shape index (κ2) is 14.6. The van der Waals surface area contributed by atoms with Crippen LogP contribution in [0, 0.1) is 0 Å². The van der Waals surface area contributed by atoms with Crippen molar-refractivity contribution < 1.29 is 0 Å². The first-order valence-electron chi connectivity index (χ1n) is 20.3. The molecule has 0 saturated heterocycles. The molecule has 0 aliphatic carbocycles. The molecular weight excluding hydrogens is 711 g/mol. The zero-order valence-corrected chi connectivity index (χ0v) is 32.5. The van der Waals surface area contributed by atoms with E-state index in [1.165, 1.54) is 87.6 Å². The van der Waals surface area contributed by atoms with Gasteiger partial charge in [-0.1, -0.05) is 194 Å². The molecule has 59 heavy (non-hydrogen) atoms. The van der Waals surface area contributed by atoms with Crippen molar-refractivity contribution in [2.45, 2.75) is 0 Å². The van der Waals surface area contributed by atoms with Crippen LogP contribution in [0.25, 0.3) is 87.6 Å². The summed E-state index contributed by atoms with van der Waals surface area (Å²) in [7, 11) is 0. The first-order chi connectivity index (χ1) is 29.3. The van der Waals surface area contributed by atoms with Crippen molar-refractivity contribution in [3.8, 4) is 44.5 Å². The maximum Gasteiger partial charge on any atom is 0.0546 e. The molecule has 1 nitrogen and oxygen atoms in total. The molecule has 1 heteroatoms. The van der Waals surface area contributed by atoms with Gasteiger partial charge in [-0.05, 0) is 124 Å². The van der Waals surface area contributed by atoms with Crippen LogP contribution >= 0.6 is 0 Å². The minimum Gasteiger partial charge on any atom is -0.310 e. The average molecular weight is 750 g/mol. The lowest BCUT2D eigenvalue weighted by Gasteiger charge is -2.30. The third-order valence-electron chi connectivity index (χ3n) is 11.8. The largest absolute Gasteiger partial charge is 0.310 e. The Morgan fingerprint density at radius 3 is 1.24 bits per heavy atom. The van der Waals surface area contributed by atoms with Crippen molar-refractivity contribution in [2.75, 3.05) is 4.90 Å². The van der Waals surface area contributed by atoms with Crippen LogP contribution in [-0.2, 0) is 0 Å². The van der Waals surface area contributed by atoms with E-state index in [2.05, 4.69) is 241 Å². The molecule has 0 saturated carbocycles. The van der Waals surface area contributed by atoms with Crippen molar-refractivity contribution in [2.24, 2.45) is 0 Å². The quantitative estimate of drug-likeness (QED) is 0.147. The topological polar surface area (TPSA) is 3.24 Å². The fraction of sp³-hybridized carbons (Fsp3) is 0. The molecule has 11 rings (SSSR count). The van der Waals surface area contributed by atoms with Crippen LogP contribution in [0.1, 0.15) is 0 Å². The molecular formula is C58H39N. The van der Waals surface area contributed by atoms with Gasteiger partial charge in [-0.2, -0.15) is 0 Å². The molecule has 276 valence electrons. The number of hydrogen-bond acceptors (Lipinski definition) is 1. The Balaban J connectivity index is 1.14. The predicted octanol–water partition coefficient (Wildman–Crippen LogP) is 16.4. The van der Waals surface area contributed by atoms with E-state index in [9.17, 15) is 0 Å². The van der Waals surface area contributed by atoms with E-state index >= 15 is 0 Å². The fourth-order valence-electron chi connectivity index (χ4n) is 9.08. The molecule has 0 spiro atoms. The van der Waals surface area contributed by atoms with Gasteiger partial charge in [-0.15, -0.1) is 0 Å². The summed E-state index contributed by atoms with van der Waals surface area (Å²) in [5.41, 5.74) is 12.9. The molecule has 0 amide bonds. The Kier molecular flexibility index (Phi) is 8.56. The summed E-state index contributed by atoms with van der Waals surface area (Å²) in [6.45, 7) is 0.